The highest BCUT2D eigenvalue weighted by atomic mass is 19.3. The van der Waals surface area contributed by atoms with Crippen LogP contribution in [0, 0.1) is 22.0 Å². The molecule has 44 heavy (non-hydrogen) atoms. The van der Waals surface area contributed by atoms with Crippen LogP contribution in [0.4, 0.5) is 20.2 Å². The van der Waals surface area contributed by atoms with Crippen LogP contribution in [0.2, 0.25) is 0 Å². The predicted molar refractivity (Wildman–Crippen MR) is 155 cm³/mol. The Bertz CT molecular complexity index is 1520. The molecule has 2 aromatic carbocycles. The normalized spacial score (nSPS) is 24.9. The number of benzene rings is 2. The predicted octanol–water partition coefficient (Wildman–Crippen LogP) is 4.44. The Morgan fingerprint density at radius 3 is 2.59 bits per heavy atom. The molecule has 5 rings (SSSR count). The van der Waals surface area contributed by atoms with E-state index in [1.165, 1.54) is 19.2 Å². The van der Waals surface area contributed by atoms with Gasteiger partial charge in [-0.3, -0.25) is 29.5 Å². The average Bonchev–Trinajstić information content (AvgIpc) is 3.57. The Morgan fingerprint density at radius 2 is 1.93 bits per heavy atom. The van der Waals surface area contributed by atoms with Crippen molar-refractivity contribution in [3.63, 3.8) is 0 Å². The van der Waals surface area contributed by atoms with E-state index in [4.69, 9.17) is 15.2 Å². The molecular weight excluding hydrogens is 578 g/mol. The average molecular weight is 611 g/mol. The van der Waals surface area contributed by atoms with E-state index in [0.29, 0.717) is 25.0 Å². The second kappa shape index (κ2) is 12.6. The summed E-state index contributed by atoms with van der Waals surface area (Å²) < 4.78 is 40.3. The molecule has 0 radical (unpaired) electrons. The first-order chi connectivity index (χ1) is 21.0. The standard InChI is InChI=1S/C31H32F2N4O7/c1-36(17-38)19-10-11-20(25(13-19)37(41)42)27(30(40)44-16-18-7-3-2-4-8-18)29(39)28(34)21-14-22-23(31(22,32)33)15-24(21)35-26-9-5-6-12-43-26/h2-4,7-8,10-11,13,17,22-23,26-27H,5-6,9,12,14-16,34H2,1H3/b28-21-,35-24+/t22-,23?,26?,27?/m0/s1. The molecular formula is C31H32F2N4O7. The Balaban J connectivity index is 1.57. The number of nitrogens with two attached hydrogens (primary N) is 1. The number of ether oxygens (including phenoxy) is 2. The topological polar surface area (TPSA) is 154 Å². The second-order valence-electron chi connectivity index (χ2n) is 11.2. The van der Waals surface area contributed by atoms with Gasteiger partial charge in [0.25, 0.3) is 11.6 Å². The van der Waals surface area contributed by atoms with Gasteiger partial charge in [-0.25, -0.2) is 8.78 Å². The molecule has 11 nitrogen and oxygen atoms in total. The van der Waals surface area contributed by atoms with Gasteiger partial charge in [-0.1, -0.05) is 30.3 Å². The summed E-state index contributed by atoms with van der Waals surface area (Å²) in [6.45, 7) is 0.229. The van der Waals surface area contributed by atoms with Crippen molar-refractivity contribution >= 4 is 35.2 Å². The van der Waals surface area contributed by atoms with Gasteiger partial charge in [0.05, 0.1) is 16.2 Å². The molecule has 13 heteroatoms. The molecule has 3 unspecified atom stereocenters. The van der Waals surface area contributed by atoms with Gasteiger partial charge in [0.2, 0.25) is 6.41 Å². The third-order valence-corrected chi connectivity index (χ3v) is 8.41. The molecule has 0 bridgehead atoms. The van der Waals surface area contributed by atoms with E-state index >= 15 is 0 Å². The molecule has 2 saturated carbocycles. The highest BCUT2D eigenvalue weighted by Gasteiger charge is 2.69. The van der Waals surface area contributed by atoms with Crippen LogP contribution in [0.5, 0.6) is 0 Å². The summed E-state index contributed by atoms with van der Waals surface area (Å²) >= 11 is 0. The molecule has 3 aliphatic rings. The van der Waals surface area contributed by atoms with Crippen LogP contribution in [0.1, 0.15) is 49.1 Å². The molecule has 4 atom stereocenters. The van der Waals surface area contributed by atoms with E-state index in [1.807, 2.05) is 0 Å². The third kappa shape index (κ3) is 6.23. The zero-order valence-corrected chi connectivity index (χ0v) is 24.0. The van der Waals surface area contributed by atoms with Gasteiger partial charge in [-0.2, -0.15) is 0 Å². The first-order valence-electron chi connectivity index (χ1n) is 14.3. The number of nitro groups is 1. The Morgan fingerprint density at radius 1 is 1.20 bits per heavy atom. The van der Waals surface area contributed by atoms with Gasteiger partial charge >= 0.3 is 5.97 Å². The SMILES string of the molecule is CN(C=O)c1ccc(C(C(=O)OCc2ccccc2)C(=O)/C(N)=C2\C[C@H]3C(C\C2=N/C2CCCCO2)C3(F)F)c([N+](=O)[O-])c1. The number of anilines is 1. The number of fused-ring (bicyclic) bond motifs is 1. The number of hydrogen-bond acceptors (Lipinski definition) is 9. The van der Waals surface area contributed by atoms with Crippen LogP contribution in [0.15, 0.2) is 64.8 Å². The maximum Gasteiger partial charge on any atom is 0.322 e. The van der Waals surface area contributed by atoms with E-state index < -0.39 is 58.0 Å². The van der Waals surface area contributed by atoms with Crippen LogP contribution in [-0.4, -0.2) is 54.6 Å². The van der Waals surface area contributed by atoms with Crippen LogP contribution < -0.4 is 10.6 Å². The molecule has 2 aromatic rings. The number of halogens is 2. The lowest BCUT2D eigenvalue weighted by Gasteiger charge is -2.24. The molecule has 1 saturated heterocycles. The molecule has 1 heterocycles. The maximum atomic E-state index is 14.6. The van der Waals surface area contributed by atoms with Crippen molar-refractivity contribution in [1.29, 1.82) is 0 Å². The Hall–Kier alpha value is -4.52. The lowest BCUT2D eigenvalue weighted by molar-refractivity contribution is -0.385. The molecule has 3 fully saturated rings. The summed E-state index contributed by atoms with van der Waals surface area (Å²) in [5.41, 5.74) is 6.03. The molecule has 2 N–H and O–H groups in total. The number of amides is 1. The van der Waals surface area contributed by atoms with Crippen molar-refractivity contribution in [2.45, 2.75) is 56.8 Å². The molecule has 0 aromatic heterocycles. The number of nitro benzene ring substituents is 1. The summed E-state index contributed by atoms with van der Waals surface area (Å²) in [5, 5.41) is 12.2. The number of allylic oxidation sites excluding steroid dienone is 2. The molecule has 232 valence electrons. The number of rotatable bonds is 10. The molecule has 0 spiro atoms. The number of alkyl halides is 2. The van der Waals surface area contributed by atoms with Crippen LogP contribution in [-0.2, 0) is 30.5 Å². The number of esters is 1. The second-order valence-corrected chi connectivity index (χ2v) is 11.2. The van der Waals surface area contributed by atoms with Gasteiger partial charge in [-0.15, -0.1) is 0 Å². The van der Waals surface area contributed by atoms with Crippen molar-refractivity contribution in [1.82, 2.24) is 0 Å². The van der Waals surface area contributed by atoms with E-state index in [2.05, 4.69) is 4.99 Å². The number of aliphatic imine (C=N–C) groups is 1. The van der Waals surface area contributed by atoms with Crippen molar-refractivity contribution in [3.8, 4) is 0 Å². The fourth-order valence-corrected chi connectivity index (χ4v) is 5.79. The lowest BCUT2D eigenvalue weighted by atomic mass is 9.85. The largest absolute Gasteiger partial charge is 0.460 e. The number of nitrogens with zero attached hydrogens (tertiary/aromatic N) is 3. The number of carbonyl (C=O) groups is 3. The number of hydrogen-bond donors (Lipinski definition) is 1. The number of carbonyl (C=O) groups excluding carboxylic acids is 3. The first-order valence-corrected chi connectivity index (χ1v) is 14.3. The first kappa shape index (κ1) is 30.9. The highest BCUT2D eigenvalue weighted by molar-refractivity contribution is 6.17. The number of ketones is 1. The Labute approximate surface area is 251 Å². The smallest absolute Gasteiger partial charge is 0.322 e. The van der Waals surface area contributed by atoms with Crippen molar-refractivity contribution < 1.29 is 37.6 Å². The van der Waals surface area contributed by atoms with E-state index in [-0.39, 0.29) is 42.0 Å². The fourth-order valence-electron chi connectivity index (χ4n) is 5.79. The summed E-state index contributed by atoms with van der Waals surface area (Å²) in [6.07, 6.45) is 1.78. The molecule has 1 amide bonds. The lowest BCUT2D eigenvalue weighted by Crippen LogP contribution is -2.32. The highest BCUT2D eigenvalue weighted by Crippen LogP contribution is 2.63. The molecule has 1 aliphatic heterocycles. The van der Waals surface area contributed by atoms with Crippen molar-refractivity contribution in [3.05, 3.63) is 81.0 Å². The monoisotopic (exact) mass is 610 g/mol. The van der Waals surface area contributed by atoms with E-state index in [0.717, 1.165) is 23.8 Å². The van der Waals surface area contributed by atoms with E-state index in [9.17, 15) is 33.3 Å². The zero-order valence-electron chi connectivity index (χ0n) is 24.0. The van der Waals surface area contributed by atoms with Crippen LogP contribution in [0.25, 0.3) is 0 Å². The summed E-state index contributed by atoms with van der Waals surface area (Å²) in [4.78, 5) is 56.0. The quantitative estimate of drug-likeness (QED) is 0.103. The summed E-state index contributed by atoms with van der Waals surface area (Å²) in [5.74, 6) is -8.96. The van der Waals surface area contributed by atoms with Gasteiger partial charge < -0.3 is 20.1 Å². The fraction of sp³-hybridized carbons (Fsp3) is 0.419. The minimum atomic E-state index is -2.95. The van der Waals surface area contributed by atoms with Crippen LogP contribution >= 0.6 is 0 Å². The van der Waals surface area contributed by atoms with Gasteiger partial charge in [0, 0.05) is 48.5 Å². The summed E-state index contributed by atoms with van der Waals surface area (Å²) in [6, 6.07) is 12.2. The maximum absolute atomic E-state index is 14.6. The zero-order chi connectivity index (χ0) is 31.6. The summed E-state index contributed by atoms with van der Waals surface area (Å²) in [7, 11) is 1.38. The third-order valence-electron chi connectivity index (χ3n) is 8.41. The van der Waals surface area contributed by atoms with Gasteiger partial charge in [0.1, 0.15) is 12.8 Å². The van der Waals surface area contributed by atoms with Gasteiger partial charge in [0.15, 0.2) is 11.7 Å². The van der Waals surface area contributed by atoms with Crippen molar-refractivity contribution in [2.24, 2.45) is 22.6 Å². The van der Waals surface area contributed by atoms with E-state index in [1.54, 1.807) is 30.3 Å². The minimum Gasteiger partial charge on any atom is -0.460 e. The van der Waals surface area contributed by atoms with Crippen molar-refractivity contribution in [2.75, 3.05) is 18.6 Å². The van der Waals surface area contributed by atoms with Crippen LogP contribution in [0.3, 0.4) is 0 Å². The van der Waals surface area contributed by atoms with Gasteiger partial charge in [-0.05, 0) is 49.8 Å². The number of Topliss-reactive ketones (excluding diaryl/α,β-unsaturated/α-hetero) is 1. The molecule has 2 aliphatic carbocycles. The minimum absolute atomic E-state index is 0.0865. The Kier molecular flexibility index (Phi) is 8.86.